The average molecular weight is 253 g/mol. The van der Waals surface area contributed by atoms with Crippen molar-refractivity contribution in [2.24, 2.45) is 5.73 Å². The highest BCUT2D eigenvalue weighted by atomic mass is 16.4. The number of H-pyrrole nitrogens is 1. The SMILES string of the molecule is NC(=O)C[C@@H](NC(=O)c1cccc(=O)[nH]1)C(=O)O. The lowest BCUT2D eigenvalue weighted by atomic mass is 10.2. The molecule has 0 aromatic carbocycles. The van der Waals surface area contributed by atoms with Crippen LogP contribution in [0.4, 0.5) is 0 Å². The van der Waals surface area contributed by atoms with Gasteiger partial charge in [-0.25, -0.2) is 4.79 Å². The van der Waals surface area contributed by atoms with Crippen molar-refractivity contribution in [3.8, 4) is 0 Å². The molecule has 1 aromatic rings. The summed E-state index contributed by atoms with van der Waals surface area (Å²) in [6, 6.07) is 2.42. The van der Waals surface area contributed by atoms with Crippen LogP contribution in [0.2, 0.25) is 0 Å². The van der Waals surface area contributed by atoms with E-state index in [0.717, 1.165) is 0 Å². The number of carboxylic acid groups (broad SMARTS) is 1. The summed E-state index contributed by atoms with van der Waals surface area (Å²) < 4.78 is 0. The Morgan fingerprint density at radius 2 is 2.06 bits per heavy atom. The first-order chi connectivity index (χ1) is 8.40. The smallest absolute Gasteiger partial charge is 0.326 e. The number of pyridine rings is 1. The number of primary amides is 1. The molecule has 1 heterocycles. The molecule has 1 rings (SSSR count). The maximum absolute atomic E-state index is 11.6. The van der Waals surface area contributed by atoms with Crippen molar-refractivity contribution >= 4 is 17.8 Å². The van der Waals surface area contributed by atoms with Crippen molar-refractivity contribution in [2.75, 3.05) is 0 Å². The summed E-state index contributed by atoms with van der Waals surface area (Å²) in [5, 5.41) is 10.9. The Morgan fingerprint density at radius 3 is 2.56 bits per heavy atom. The van der Waals surface area contributed by atoms with Crippen LogP contribution in [0.5, 0.6) is 0 Å². The average Bonchev–Trinajstić information content (AvgIpc) is 2.27. The van der Waals surface area contributed by atoms with Crippen molar-refractivity contribution < 1.29 is 19.5 Å². The van der Waals surface area contributed by atoms with Gasteiger partial charge in [0.25, 0.3) is 5.91 Å². The van der Waals surface area contributed by atoms with Crippen LogP contribution >= 0.6 is 0 Å². The van der Waals surface area contributed by atoms with Gasteiger partial charge in [0.2, 0.25) is 11.5 Å². The lowest BCUT2D eigenvalue weighted by Gasteiger charge is -2.12. The molecule has 0 saturated heterocycles. The van der Waals surface area contributed by atoms with E-state index in [1.54, 1.807) is 0 Å². The molecule has 0 aliphatic heterocycles. The Kier molecular flexibility index (Phi) is 4.19. The molecular weight excluding hydrogens is 242 g/mol. The van der Waals surface area contributed by atoms with Crippen LogP contribution in [0, 0.1) is 0 Å². The molecule has 0 spiro atoms. The molecule has 1 atom stereocenters. The van der Waals surface area contributed by atoms with E-state index in [2.05, 4.69) is 10.3 Å². The van der Waals surface area contributed by atoms with Crippen molar-refractivity contribution in [2.45, 2.75) is 12.5 Å². The number of carbonyl (C=O) groups excluding carboxylic acids is 2. The second-order valence-electron chi connectivity index (χ2n) is 3.46. The summed E-state index contributed by atoms with van der Waals surface area (Å²) in [5.74, 6) is -3.05. The number of aromatic amines is 1. The fourth-order valence-corrected chi connectivity index (χ4v) is 1.22. The molecule has 5 N–H and O–H groups in total. The lowest BCUT2D eigenvalue weighted by molar-refractivity contribution is -0.140. The van der Waals surface area contributed by atoms with E-state index in [1.165, 1.54) is 18.2 Å². The highest BCUT2D eigenvalue weighted by Crippen LogP contribution is 1.96. The molecule has 1 aromatic heterocycles. The van der Waals surface area contributed by atoms with Gasteiger partial charge < -0.3 is 21.1 Å². The van der Waals surface area contributed by atoms with Crippen molar-refractivity contribution in [3.05, 3.63) is 34.2 Å². The van der Waals surface area contributed by atoms with E-state index in [4.69, 9.17) is 10.8 Å². The van der Waals surface area contributed by atoms with Crippen molar-refractivity contribution in [1.82, 2.24) is 10.3 Å². The lowest BCUT2D eigenvalue weighted by Crippen LogP contribution is -2.43. The highest BCUT2D eigenvalue weighted by Gasteiger charge is 2.22. The Labute approximate surface area is 101 Å². The van der Waals surface area contributed by atoms with Gasteiger partial charge in [-0.1, -0.05) is 6.07 Å². The fourth-order valence-electron chi connectivity index (χ4n) is 1.22. The van der Waals surface area contributed by atoms with Gasteiger partial charge in [0.15, 0.2) is 0 Å². The number of aromatic nitrogens is 1. The van der Waals surface area contributed by atoms with E-state index in [9.17, 15) is 19.2 Å². The molecule has 0 fully saturated rings. The van der Waals surface area contributed by atoms with Gasteiger partial charge in [0.05, 0.1) is 6.42 Å². The molecule has 18 heavy (non-hydrogen) atoms. The van der Waals surface area contributed by atoms with E-state index in [1.807, 2.05) is 0 Å². The van der Waals surface area contributed by atoms with Crippen LogP contribution in [-0.4, -0.2) is 33.9 Å². The number of amides is 2. The molecular formula is C10H11N3O5. The molecule has 2 amide bonds. The number of carboxylic acids is 1. The largest absolute Gasteiger partial charge is 0.480 e. The van der Waals surface area contributed by atoms with Crippen molar-refractivity contribution in [3.63, 3.8) is 0 Å². The Balaban J connectivity index is 2.81. The first-order valence-corrected chi connectivity index (χ1v) is 4.91. The molecule has 0 aliphatic rings. The number of nitrogens with two attached hydrogens (primary N) is 1. The minimum atomic E-state index is -1.43. The van der Waals surface area contributed by atoms with E-state index >= 15 is 0 Å². The third-order valence-electron chi connectivity index (χ3n) is 2.02. The van der Waals surface area contributed by atoms with Gasteiger partial charge in [0.1, 0.15) is 11.7 Å². The zero-order valence-corrected chi connectivity index (χ0v) is 9.17. The maximum atomic E-state index is 11.6. The molecule has 96 valence electrons. The molecule has 8 heteroatoms. The number of rotatable bonds is 5. The zero-order chi connectivity index (χ0) is 13.7. The summed E-state index contributed by atoms with van der Waals surface area (Å²) in [4.78, 5) is 46.2. The van der Waals surface area contributed by atoms with Crippen LogP contribution in [0.1, 0.15) is 16.9 Å². The molecule has 0 bridgehead atoms. The monoisotopic (exact) mass is 253 g/mol. The summed E-state index contributed by atoms with van der Waals surface area (Å²) >= 11 is 0. The molecule has 0 unspecified atom stereocenters. The van der Waals surface area contributed by atoms with Crippen LogP contribution in [0.15, 0.2) is 23.0 Å². The van der Waals surface area contributed by atoms with Crippen LogP contribution in [0.25, 0.3) is 0 Å². The van der Waals surface area contributed by atoms with Gasteiger partial charge in [-0.3, -0.25) is 14.4 Å². The Bertz CT molecular complexity index is 536. The van der Waals surface area contributed by atoms with Gasteiger partial charge in [-0.2, -0.15) is 0 Å². The number of nitrogens with one attached hydrogen (secondary N) is 2. The van der Waals surface area contributed by atoms with E-state index < -0.39 is 35.8 Å². The third-order valence-corrected chi connectivity index (χ3v) is 2.02. The van der Waals surface area contributed by atoms with Crippen LogP contribution in [0.3, 0.4) is 0 Å². The predicted octanol–water partition coefficient (Wildman–Crippen LogP) is -1.57. The van der Waals surface area contributed by atoms with Crippen molar-refractivity contribution in [1.29, 1.82) is 0 Å². The number of hydrogen-bond donors (Lipinski definition) is 4. The van der Waals surface area contributed by atoms with Crippen LogP contribution < -0.4 is 16.6 Å². The number of aliphatic carboxylic acids is 1. The van der Waals surface area contributed by atoms with Gasteiger partial charge >= 0.3 is 5.97 Å². The zero-order valence-electron chi connectivity index (χ0n) is 9.17. The summed E-state index contributed by atoms with van der Waals surface area (Å²) in [6.07, 6.45) is -0.530. The second kappa shape index (κ2) is 5.62. The minimum Gasteiger partial charge on any atom is -0.480 e. The first-order valence-electron chi connectivity index (χ1n) is 4.91. The summed E-state index contributed by atoms with van der Waals surface area (Å²) in [7, 11) is 0. The van der Waals surface area contributed by atoms with Gasteiger partial charge in [-0.05, 0) is 6.07 Å². The normalized spacial score (nSPS) is 11.6. The number of hydrogen-bond acceptors (Lipinski definition) is 4. The first kappa shape index (κ1) is 13.4. The number of carbonyl (C=O) groups is 3. The molecule has 0 saturated carbocycles. The Morgan fingerprint density at radius 1 is 1.39 bits per heavy atom. The van der Waals surface area contributed by atoms with Crippen LogP contribution in [-0.2, 0) is 9.59 Å². The standard InChI is InChI=1S/C10H11N3O5/c11-7(14)4-6(10(17)18)13-9(16)5-2-1-3-8(15)12-5/h1-3,6H,4H2,(H2,11,14)(H,12,15)(H,13,16)(H,17,18)/t6-/m1/s1. The fraction of sp³-hybridized carbons (Fsp3) is 0.200. The predicted molar refractivity (Wildman–Crippen MR) is 59.8 cm³/mol. The molecule has 0 aliphatic carbocycles. The van der Waals surface area contributed by atoms with E-state index in [0.29, 0.717) is 0 Å². The third kappa shape index (κ3) is 3.74. The summed E-state index contributed by atoms with van der Waals surface area (Å²) in [5.41, 5.74) is 4.26. The topological polar surface area (TPSA) is 142 Å². The van der Waals surface area contributed by atoms with E-state index in [-0.39, 0.29) is 5.69 Å². The van der Waals surface area contributed by atoms with Gasteiger partial charge in [0, 0.05) is 6.07 Å². The molecule has 0 radical (unpaired) electrons. The second-order valence-corrected chi connectivity index (χ2v) is 3.46. The Hall–Kier alpha value is -2.64. The summed E-state index contributed by atoms with van der Waals surface area (Å²) in [6.45, 7) is 0. The highest BCUT2D eigenvalue weighted by molar-refractivity contribution is 5.96. The quantitative estimate of drug-likeness (QED) is 0.501. The molecule has 8 nitrogen and oxygen atoms in total. The van der Waals surface area contributed by atoms with Gasteiger partial charge in [-0.15, -0.1) is 0 Å². The maximum Gasteiger partial charge on any atom is 0.326 e. The minimum absolute atomic E-state index is 0.0989.